The normalized spacial score (nSPS) is 11.3. The van der Waals surface area contributed by atoms with Gasteiger partial charge in [0.2, 0.25) is 5.24 Å². The van der Waals surface area contributed by atoms with Crippen LogP contribution in [0.25, 0.3) is 0 Å². The van der Waals surface area contributed by atoms with E-state index in [1.807, 2.05) is 0 Å². The Kier molecular flexibility index (Phi) is 3.23. The van der Waals surface area contributed by atoms with E-state index in [1.165, 1.54) is 0 Å². The summed E-state index contributed by atoms with van der Waals surface area (Å²) in [4.78, 5) is 10.3. The van der Waals surface area contributed by atoms with E-state index in [0.717, 1.165) is 24.3 Å². The molecule has 0 aliphatic heterocycles. The van der Waals surface area contributed by atoms with Crippen molar-refractivity contribution in [2.24, 2.45) is 0 Å². The van der Waals surface area contributed by atoms with Gasteiger partial charge in [-0.25, -0.2) is 12.8 Å². The van der Waals surface area contributed by atoms with Gasteiger partial charge in [-0.2, -0.15) is 0 Å². The van der Waals surface area contributed by atoms with E-state index in [1.54, 1.807) is 0 Å². The van der Waals surface area contributed by atoms with Crippen molar-refractivity contribution in [2.45, 2.75) is 4.90 Å². The SMILES string of the molecule is O=C(Cl)CS(=O)(=O)c1ccc(F)cc1. The Bertz CT molecular complexity index is 438. The molecular weight excluding hydrogens is 231 g/mol. The second kappa shape index (κ2) is 4.06. The lowest BCUT2D eigenvalue weighted by Crippen LogP contribution is -2.11. The summed E-state index contributed by atoms with van der Waals surface area (Å²) in [6, 6.07) is 4.19. The summed E-state index contributed by atoms with van der Waals surface area (Å²) in [6.07, 6.45) is 0. The van der Waals surface area contributed by atoms with Gasteiger partial charge in [-0.05, 0) is 35.9 Å². The molecule has 0 heterocycles. The zero-order chi connectivity index (χ0) is 10.8. The van der Waals surface area contributed by atoms with Crippen LogP contribution in [-0.2, 0) is 14.6 Å². The lowest BCUT2D eigenvalue weighted by molar-refractivity contribution is -0.109. The molecular formula is C8H6ClFO3S. The molecule has 1 aromatic rings. The Balaban J connectivity index is 3.05. The summed E-state index contributed by atoms with van der Waals surface area (Å²) in [5.74, 6) is -1.32. The molecule has 0 aliphatic rings. The van der Waals surface area contributed by atoms with Crippen LogP contribution < -0.4 is 0 Å². The topological polar surface area (TPSA) is 51.2 Å². The highest BCUT2D eigenvalue weighted by molar-refractivity contribution is 7.92. The van der Waals surface area contributed by atoms with Gasteiger partial charge in [0.1, 0.15) is 11.6 Å². The first-order valence-corrected chi connectivity index (χ1v) is 5.61. The number of hydrogen-bond donors (Lipinski definition) is 0. The van der Waals surface area contributed by atoms with Gasteiger partial charge in [0.05, 0.1) is 4.90 Å². The minimum Gasteiger partial charge on any atom is -0.280 e. The lowest BCUT2D eigenvalue weighted by atomic mass is 10.4. The zero-order valence-electron chi connectivity index (χ0n) is 6.91. The molecule has 3 nitrogen and oxygen atoms in total. The molecule has 0 saturated heterocycles. The van der Waals surface area contributed by atoms with Crippen molar-refractivity contribution in [3.8, 4) is 0 Å². The molecule has 0 amide bonds. The van der Waals surface area contributed by atoms with Gasteiger partial charge in [0, 0.05) is 0 Å². The summed E-state index contributed by atoms with van der Waals surface area (Å²) in [6.45, 7) is 0. The Labute approximate surface area is 85.4 Å². The maximum absolute atomic E-state index is 12.4. The molecule has 0 spiro atoms. The molecule has 0 aliphatic carbocycles. The van der Waals surface area contributed by atoms with Crippen LogP contribution >= 0.6 is 11.6 Å². The number of carbonyl (C=O) groups excluding carboxylic acids is 1. The summed E-state index contributed by atoms with van der Waals surface area (Å²) in [7, 11) is -3.72. The van der Waals surface area contributed by atoms with Crippen LogP contribution in [-0.4, -0.2) is 19.4 Å². The second-order valence-electron chi connectivity index (χ2n) is 2.57. The fourth-order valence-electron chi connectivity index (χ4n) is 0.875. The molecule has 1 rings (SSSR count). The fourth-order valence-corrected chi connectivity index (χ4v) is 2.32. The third-order valence-electron chi connectivity index (χ3n) is 1.48. The van der Waals surface area contributed by atoms with Crippen molar-refractivity contribution in [3.63, 3.8) is 0 Å². The smallest absolute Gasteiger partial charge is 0.237 e. The Morgan fingerprint density at radius 1 is 1.29 bits per heavy atom. The van der Waals surface area contributed by atoms with E-state index in [-0.39, 0.29) is 4.90 Å². The van der Waals surface area contributed by atoms with Gasteiger partial charge in [-0.15, -0.1) is 0 Å². The summed E-state index contributed by atoms with van der Waals surface area (Å²) in [5.41, 5.74) is 0. The fraction of sp³-hybridized carbons (Fsp3) is 0.125. The highest BCUT2D eigenvalue weighted by Crippen LogP contribution is 2.12. The minimum atomic E-state index is -3.72. The van der Waals surface area contributed by atoms with E-state index >= 15 is 0 Å². The van der Waals surface area contributed by atoms with Crippen LogP contribution in [0.3, 0.4) is 0 Å². The Hall–Kier alpha value is -0.940. The van der Waals surface area contributed by atoms with Crippen molar-refractivity contribution >= 4 is 26.7 Å². The average molecular weight is 237 g/mol. The van der Waals surface area contributed by atoms with Gasteiger partial charge in [-0.3, -0.25) is 4.79 Å². The van der Waals surface area contributed by atoms with Crippen molar-refractivity contribution < 1.29 is 17.6 Å². The predicted molar refractivity (Wildman–Crippen MR) is 49.3 cm³/mol. The largest absolute Gasteiger partial charge is 0.280 e. The van der Waals surface area contributed by atoms with E-state index in [4.69, 9.17) is 11.6 Å². The van der Waals surface area contributed by atoms with Crippen LogP contribution in [0.1, 0.15) is 0 Å². The van der Waals surface area contributed by atoms with E-state index < -0.39 is 26.6 Å². The summed E-state index contributed by atoms with van der Waals surface area (Å²) >= 11 is 4.95. The van der Waals surface area contributed by atoms with Crippen LogP contribution in [0.5, 0.6) is 0 Å². The lowest BCUT2D eigenvalue weighted by Gasteiger charge is -2.00. The Morgan fingerprint density at radius 2 is 1.79 bits per heavy atom. The number of hydrogen-bond acceptors (Lipinski definition) is 3. The Morgan fingerprint density at radius 3 is 2.21 bits per heavy atom. The first-order chi connectivity index (χ1) is 6.42. The molecule has 0 radical (unpaired) electrons. The standard InChI is InChI=1S/C8H6ClFO3S/c9-8(11)5-14(12,13)7-3-1-6(10)2-4-7/h1-4H,5H2. The van der Waals surface area contributed by atoms with Crippen molar-refractivity contribution in [2.75, 3.05) is 5.75 Å². The minimum absolute atomic E-state index is 0.118. The van der Waals surface area contributed by atoms with Crippen molar-refractivity contribution in [3.05, 3.63) is 30.1 Å². The molecule has 0 unspecified atom stereocenters. The maximum Gasteiger partial charge on any atom is 0.237 e. The van der Waals surface area contributed by atoms with E-state index in [0.29, 0.717) is 0 Å². The number of halogens is 2. The van der Waals surface area contributed by atoms with Crippen LogP contribution in [0.4, 0.5) is 4.39 Å². The molecule has 0 aromatic heterocycles. The van der Waals surface area contributed by atoms with E-state index in [2.05, 4.69) is 0 Å². The van der Waals surface area contributed by atoms with Crippen LogP contribution in [0.15, 0.2) is 29.2 Å². The summed E-state index contributed by atoms with van der Waals surface area (Å²) < 4.78 is 35.1. The van der Waals surface area contributed by atoms with Gasteiger partial charge >= 0.3 is 0 Å². The number of sulfone groups is 1. The highest BCUT2D eigenvalue weighted by Gasteiger charge is 2.17. The highest BCUT2D eigenvalue weighted by atomic mass is 35.5. The molecule has 76 valence electrons. The van der Waals surface area contributed by atoms with Crippen LogP contribution in [0, 0.1) is 5.82 Å². The number of rotatable bonds is 3. The van der Waals surface area contributed by atoms with Crippen molar-refractivity contribution in [1.82, 2.24) is 0 Å². The van der Waals surface area contributed by atoms with Crippen molar-refractivity contribution in [1.29, 1.82) is 0 Å². The first-order valence-electron chi connectivity index (χ1n) is 3.58. The first kappa shape index (κ1) is 11.1. The molecule has 6 heteroatoms. The quantitative estimate of drug-likeness (QED) is 0.588. The molecule has 0 fully saturated rings. The van der Waals surface area contributed by atoms with E-state index in [9.17, 15) is 17.6 Å². The molecule has 14 heavy (non-hydrogen) atoms. The summed E-state index contributed by atoms with van der Waals surface area (Å²) in [5, 5.41) is -0.964. The van der Waals surface area contributed by atoms with Gasteiger partial charge < -0.3 is 0 Å². The zero-order valence-corrected chi connectivity index (χ0v) is 8.48. The van der Waals surface area contributed by atoms with Gasteiger partial charge in [-0.1, -0.05) is 0 Å². The molecule has 0 N–H and O–H groups in total. The van der Waals surface area contributed by atoms with Gasteiger partial charge in [0.25, 0.3) is 0 Å². The molecule has 0 saturated carbocycles. The van der Waals surface area contributed by atoms with Crippen LogP contribution in [0.2, 0.25) is 0 Å². The maximum atomic E-state index is 12.4. The molecule has 0 atom stereocenters. The monoisotopic (exact) mass is 236 g/mol. The molecule has 1 aromatic carbocycles. The number of benzene rings is 1. The third-order valence-corrected chi connectivity index (χ3v) is 3.40. The average Bonchev–Trinajstić information content (AvgIpc) is 2.02. The second-order valence-corrected chi connectivity index (χ2v) is 4.98. The third kappa shape index (κ3) is 2.78. The number of carbonyl (C=O) groups is 1. The predicted octanol–water partition coefficient (Wildman–Crippen LogP) is 1.36. The van der Waals surface area contributed by atoms with Gasteiger partial charge in [0.15, 0.2) is 9.84 Å². The molecule has 0 bridgehead atoms.